The SMILES string of the molecule is Cc1ccc(-c2csc(NC(=O)CC(C=N)c3c(N)n(C)c(=O)n(C)c3=O)n2)cc1. The summed E-state index contributed by atoms with van der Waals surface area (Å²) >= 11 is 1.28. The van der Waals surface area contributed by atoms with E-state index in [1.165, 1.54) is 25.4 Å². The Labute approximate surface area is 176 Å². The Morgan fingerprint density at radius 3 is 2.57 bits per heavy atom. The molecular weight excluding hydrogens is 404 g/mol. The average molecular weight is 427 g/mol. The molecule has 0 bridgehead atoms. The number of thiazole rings is 1. The largest absolute Gasteiger partial charge is 0.385 e. The minimum absolute atomic E-state index is 0.0456. The second-order valence-electron chi connectivity index (χ2n) is 6.93. The first kappa shape index (κ1) is 21.2. The van der Waals surface area contributed by atoms with E-state index in [1.807, 2.05) is 36.6 Å². The predicted octanol–water partition coefficient (Wildman–Crippen LogP) is 1.86. The highest BCUT2D eigenvalue weighted by Crippen LogP contribution is 2.26. The van der Waals surface area contributed by atoms with Gasteiger partial charge in [-0.15, -0.1) is 11.3 Å². The van der Waals surface area contributed by atoms with Crippen molar-refractivity contribution in [2.45, 2.75) is 19.3 Å². The van der Waals surface area contributed by atoms with E-state index in [4.69, 9.17) is 11.1 Å². The zero-order valence-electron chi connectivity index (χ0n) is 16.8. The van der Waals surface area contributed by atoms with Crippen LogP contribution < -0.4 is 22.3 Å². The number of hydrogen-bond donors (Lipinski definition) is 3. The monoisotopic (exact) mass is 426 g/mol. The van der Waals surface area contributed by atoms with Crippen LogP contribution in [0.3, 0.4) is 0 Å². The van der Waals surface area contributed by atoms with Crippen molar-refractivity contribution < 1.29 is 4.79 Å². The summed E-state index contributed by atoms with van der Waals surface area (Å²) in [4.78, 5) is 41.5. The lowest BCUT2D eigenvalue weighted by atomic mass is 9.98. The number of benzene rings is 1. The molecular formula is C20H22N6O3S. The molecule has 2 heterocycles. The number of nitrogen functional groups attached to an aromatic ring is 1. The van der Waals surface area contributed by atoms with Crippen molar-refractivity contribution in [3.05, 3.63) is 61.6 Å². The van der Waals surface area contributed by atoms with Gasteiger partial charge in [0.05, 0.1) is 11.3 Å². The summed E-state index contributed by atoms with van der Waals surface area (Å²) in [6, 6.07) is 7.89. The fraction of sp³-hybridized carbons (Fsp3) is 0.250. The molecule has 0 aliphatic heterocycles. The molecule has 156 valence electrons. The van der Waals surface area contributed by atoms with Gasteiger partial charge >= 0.3 is 5.69 Å². The molecule has 9 nitrogen and oxygen atoms in total. The molecule has 0 aliphatic rings. The van der Waals surface area contributed by atoms with Gasteiger partial charge < -0.3 is 16.5 Å². The van der Waals surface area contributed by atoms with Crippen LogP contribution in [0.25, 0.3) is 11.3 Å². The van der Waals surface area contributed by atoms with Crippen molar-refractivity contribution in [1.29, 1.82) is 5.41 Å². The number of hydrogen-bond acceptors (Lipinski definition) is 7. The third-order valence-electron chi connectivity index (χ3n) is 4.82. The predicted molar refractivity (Wildman–Crippen MR) is 118 cm³/mol. The molecule has 2 aromatic heterocycles. The summed E-state index contributed by atoms with van der Waals surface area (Å²) in [5.41, 5.74) is 7.63. The first-order valence-corrected chi connectivity index (χ1v) is 9.99. The minimum Gasteiger partial charge on any atom is -0.385 e. The zero-order valence-corrected chi connectivity index (χ0v) is 17.6. The number of rotatable bonds is 6. The van der Waals surface area contributed by atoms with Gasteiger partial charge in [0, 0.05) is 43.6 Å². The number of aryl methyl sites for hydroxylation is 1. The van der Waals surface area contributed by atoms with Crippen LogP contribution in [-0.2, 0) is 18.9 Å². The summed E-state index contributed by atoms with van der Waals surface area (Å²) < 4.78 is 2.04. The van der Waals surface area contributed by atoms with Gasteiger partial charge in [0.15, 0.2) is 5.13 Å². The van der Waals surface area contributed by atoms with Gasteiger partial charge in [-0.2, -0.15) is 0 Å². The lowest BCUT2D eigenvalue weighted by molar-refractivity contribution is -0.116. The van der Waals surface area contributed by atoms with Crippen molar-refractivity contribution in [3.63, 3.8) is 0 Å². The number of amides is 1. The number of nitrogens with two attached hydrogens (primary N) is 1. The summed E-state index contributed by atoms with van der Waals surface area (Å²) in [6.07, 6.45) is 0.803. The van der Waals surface area contributed by atoms with Gasteiger partial charge in [-0.25, -0.2) is 9.78 Å². The highest BCUT2D eigenvalue weighted by molar-refractivity contribution is 7.14. The van der Waals surface area contributed by atoms with E-state index in [2.05, 4.69) is 10.3 Å². The molecule has 3 aromatic rings. The van der Waals surface area contributed by atoms with Gasteiger partial charge in [-0.1, -0.05) is 29.8 Å². The van der Waals surface area contributed by atoms with E-state index in [-0.39, 0.29) is 17.8 Å². The molecule has 1 aromatic carbocycles. The third-order valence-corrected chi connectivity index (χ3v) is 5.58. The smallest absolute Gasteiger partial charge is 0.332 e. The molecule has 0 aliphatic carbocycles. The van der Waals surface area contributed by atoms with Gasteiger partial charge in [-0.05, 0) is 6.92 Å². The normalized spacial score (nSPS) is 11.8. The van der Waals surface area contributed by atoms with Gasteiger partial charge in [0.2, 0.25) is 5.91 Å². The number of nitrogens with zero attached hydrogens (tertiary/aromatic N) is 3. The van der Waals surface area contributed by atoms with Crippen molar-refractivity contribution >= 4 is 34.4 Å². The molecule has 0 spiro atoms. The van der Waals surface area contributed by atoms with Crippen LogP contribution in [0.1, 0.15) is 23.5 Å². The van der Waals surface area contributed by atoms with Crippen molar-refractivity contribution in [2.75, 3.05) is 11.1 Å². The third kappa shape index (κ3) is 4.08. The van der Waals surface area contributed by atoms with E-state index >= 15 is 0 Å². The first-order valence-electron chi connectivity index (χ1n) is 9.11. The van der Waals surface area contributed by atoms with Crippen LogP contribution in [-0.4, -0.2) is 26.2 Å². The Bertz CT molecular complexity index is 1220. The molecule has 0 saturated heterocycles. The first-order chi connectivity index (χ1) is 14.2. The van der Waals surface area contributed by atoms with Gasteiger partial charge in [0.1, 0.15) is 5.82 Å². The highest BCUT2D eigenvalue weighted by Gasteiger charge is 2.23. The summed E-state index contributed by atoms with van der Waals surface area (Å²) in [5.74, 6) is -1.34. The standard InChI is InChI=1S/C20H22N6O3S/c1-11-4-6-12(7-5-11)14-10-30-19(23-14)24-15(27)8-13(9-21)16-17(22)25(2)20(29)26(3)18(16)28/h4-7,9-10,13,21H,8,22H2,1-3H3,(H,23,24,27). The molecule has 10 heteroatoms. The Morgan fingerprint density at radius 1 is 1.27 bits per heavy atom. The van der Waals surface area contributed by atoms with Crippen molar-refractivity contribution in [1.82, 2.24) is 14.1 Å². The van der Waals surface area contributed by atoms with E-state index in [0.717, 1.165) is 32.2 Å². The number of aromatic nitrogens is 3. The second kappa shape index (κ2) is 8.46. The number of carbonyl (C=O) groups excluding carboxylic acids is 1. The number of nitrogens with one attached hydrogen (secondary N) is 2. The molecule has 0 radical (unpaired) electrons. The van der Waals surface area contributed by atoms with Crippen LogP contribution in [0.4, 0.5) is 10.9 Å². The van der Waals surface area contributed by atoms with Crippen LogP contribution in [0.5, 0.6) is 0 Å². The minimum atomic E-state index is -0.868. The van der Waals surface area contributed by atoms with Crippen molar-refractivity contribution in [2.24, 2.45) is 14.1 Å². The van der Waals surface area contributed by atoms with Crippen LogP contribution in [0.2, 0.25) is 0 Å². The summed E-state index contributed by atoms with van der Waals surface area (Å²) in [5, 5.41) is 12.6. The Balaban J connectivity index is 1.79. The number of carbonyl (C=O) groups is 1. The molecule has 30 heavy (non-hydrogen) atoms. The second-order valence-corrected chi connectivity index (χ2v) is 7.79. The van der Waals surface area contributed by atoms with E-state index in [0.29, 0.717) is 5.13 Å². The van der Waals surface area contributed by atoms with Gasteiger partial charge in [0.25, 0.3) is 5.56 Å². The van der Waals surface area contributed by atoms with Gasteiger partial charge in [-0.3, -0.25) is 18.7 Å². The number of anilines is 2. The summed E-state index contributed by atoms with van der Waals surface area (Å²) in [6.45, 7) is 2.00. The molecule has 1 amide bonds. The van der Waals surface area contributed by atoms with E-state index in [9.17, 15) is 14.4 Å². The Hall–Kier alpha value is -3.53. The Kier molecular flexibility index (Phi) is 5.97. The van der Waals surface area contributed by atoms with Crippen molar-refractivity contribution in [3.8, 4) is 11.3 Å². The van der Waals surface area contributed by atoms with Crippen LogP contribution in [0.15, 0.2) is 39.2 Å². The molecule has 4 N–H and O–H groups in total. The fourth-order valence-electron chi connectivity index (χ4n) is 3.04. The molecule has 0 fully saturated rings. The fourth-order valence-corrected chi connectivity index (χ4v) is 3.77. The van der Waals surface area contributed by atoms with E-state index < -0.39 is 23.1 Å². The maximum atomic E-state index is 12.5. The molecule has 1 atom stereocenters. The summed E-state index contributed by atoms with van der Waals surface area (Å²) in [7, 11) is 2.76. The molecule has 1 unspecified atom stereocenters. The Morgan fingerprint density at radius 2 is 1.93 bits per heavy atom. The maximum Gasteiger partial charge on any atom is 0.332 e. The lowest BCUT2D eigenvalue weighted by Gasteiger charge is -2.16. The molecule has 3 rings (SSSR count). The molecule has 0 saturated carbocycles. The lowest BCUT2D eigenvalue weighted by Crippen LogP contribution is -2.41. The average Bonchev–Trinajstić information content (AvgIpc) is 3.18. The van der Waals surface area contributed by atoms with Crippen LogP contribution in [0, 0.1) is 12.3 Å². The quantitative estimate of drug-likeness (QED) is 0.517. The highest BCUT2D eigenvalue weighted by atomic mass is 32.1. The zero-order chi connectivity index (χ0) is 22.0. The van der Waals surface area contributed by atoms with Crippen LogP contribution >= 0.6 is 11.3 Å². The maximum absolute atomic E-state index is 12.5. The van der Waals surface area contributed by atoms with E-state index in [1.54, 1.807) is 0 Å². The topological polar surface area (TPSA) is 136 Å².